The minimum atomic E-state index is 0.0735. The van der Waals surface area contributed by atoms with E-state index in [4.69, 9.17) is 4.74 Å². The fourth-order valence-corrected chi connectivity index (χ4v) is 6.65. The fourth-order valence-electron chi connectivity index (χ4n) is 6.65. The van der Waals surface area contributed by atoms with E-state index in [9.17, 15) is 4.79 Å². The van der Waals surface area contributed by atoms with Gasteiger partial charge in [-0.05, 0) is 66.6 Å². The van der Waals surface area contributed by atoms with Crippen LogP contribution in [0.2, 0.25) is 0 Å². The van der Waals surface area contributed by atoms with Crippen molar-refractivity contribution in [3.05, 3.63) is 0 Å². The number of hydrogen-bond donors (Lipinski definition) is 0. The van der Waals surface area contributed by atoms with Crippen molar-refractivity contribution in [3.8, 4) is 0 Å². The van der Waals surface area contributed by atoms with Crippen LogP contribution < -0.4 is 0 Å². The molecule has 0 aromatic carbocycles. The average molecular weight is 248 g/mol. The summed E-state index contributed by atoms with van der Waals surface area (Å²) in [5.74, 6) is 7.34. The molecule has 9 unspecified atom stereocenters. The first-order valence-corrected chi connectivity index (χ1v) is 7.71. The maximum absolute atomic E-state index is 11.9. The summed E-state index contributed by atoms with van der Waals surface area (Å²) in [4.78, 5) is 11.9. The second-order valence-electron chi connectivity index (χ2n) is 7.46. The Balaban J connectivity index is 1.64. The summed E-state index contributed by atoms with van der Waals surface area (Å²) in [5, 5.41) is 0. The van der Waals surface area contributed by atoms with Gasteiger partial charge in [0.25, 0.3) is 0 Å². The minimum absolute atomic E-state index is 0.0735. The highest BCUT2D eigenvalue weighted by molar-refractivity contribution is 5.73. The van der Waals surface area contributed by atoms with Crippen LogP contribution in [-0.4, -0.2) is 13.1 Å². The molecule has 4 aliphatic carbocycles. The van der Waals surface area contributed by atoms with Gasteiger partial charge in [0.05, 0.1) is 13.0 Å². The second kappa shape index (κ2) is 3.52. The number of carbonyl (C=O) groups is 1. The normalized spacial score (nSPS) is 60.1. The van der Waals surface area contributed by atoms with Crippen molar-refractivity contribution < 1.29 is 9.53 Å². The number of carbonyl (C=O) groups excluding carboxylic acids is 1. The van der Waals surface area contributed by atoms with Crippen molar-refractivity contribution in [2.75, 3.05) is 7.11 Å². The number of esters is 1. The van der Waals surface area contributed by atoms with E-state index in [1.54, 1.807) is 7.11 Å². The van der Waals surface area contributed by atoms with E-state index in [0.29, 0.717) is 5.92 Å². The largest absolute Gasteiger partial charge is 0.469 e. The zero-order valence-corrected chi connectivity index (χ0v) is 11.6. The van der Waals surface area contributed by atoms with Gasteiger partial charge in [-0.25, -0.2) is 0 Å². The maximum atomic E-state index is 11.9. The van der Waals surface area contributed by atoms with Gasteiger partial charge in [0.1, 0.15) is 0 Å². The molecule has 0 heterocycles. The number of fused-ring (bicyclic) bond motifs is 9. The Morgan fingerprint density at radius 2 is 1.61 bits per heavy atom. The van der Waals surface area contributed by atoms with Crippen molar-refractivity contribution >= 4 is 5.97 Å². The third-order valence-electron chi connectivity index (χ3n) is 7.35. The Hall–Kier alpha value is -0.530. The fraction of sp³-hybridized carbons (Fsp3) is 0.938. The zero-order chi connectivity index (χ0) is 12.6. The van der Waals surface area contributed by atoms with E-state index >= 15 is 0 Å². The first-order chi connectivity index (χ1) is 8.63. The monoisotopic (exact) mass is 248 g/mol. The van der Waals surface area contributed by atoms with Gasteiger partial charge >= 0.3 is 5.97 Å². The van der Waals surface area contributed by atoms with Crippen molar-refractivity contribution in [1.82, 2.24) is 0 Å². The first-order valence-electron chi connectivity index (χ1n) is 7.71. The quantitative estimate of drug-likeness (QED) is 0.527. The van der Waals surface area contributed by atoms with Crippen LogP contribution in [0.25, 0.3) is 0 Å². The molecule has 0 aromatic rings. The third kappa shape index (κ3) is 1.13. The molecule has 0 aromatic heterocycles. The lowest BCUT2D eigenvalue weighted by Gasteiger charge is -2.42. The molecule has 0 amide bonds. The number of ether oxygens (including phenoxy) is 1. The van der Waals surface area contributed by atoms with Crippen LogP contribution in [-0.2, 0) is 9.53 Å². The molecule has 4 bridgehead atoms. The van der Waals surface area contributed by atoms with Gasteiger partial charge in [-0.2, -0.15) is 0 Å². The average Bonchev–Trinajstić information content (AvgIpc) is 3.08. The molecule has 2 nitrogen and oxygen atoms in total. The summed E-state index contributed by atoms with van der Waals surface area (Å²) in [7, 11) is 1.55. The van der Waals surface area contributed by atoms with Crippen LogP contribution in [0.5, 0.6) is 0 Å². The third-order valence-corrected chi connectivity index (χ3v) is 7.35. The number of methoxy groups -OCH3 is 1. The summed E-state index contributed by atoms with van der Waals surface area (Å²) < 4.78 is 5.02. The molecular weight excluding hydrogens is 224 g/mol. The van der Waals surface area contributed by atoms with Gasteiger partial charge in [0, 0.05) is 0 Å². The molecule has 0 saturated heterocycles. The highest BCUT2D eigenvalue weighted by Crippen LogP contribution is 2.71. The van der Waals surface area contributed by atoms with Crippen molar-refractivity contribution in [2.24, 2.45) is 53.3 Å². The van der Waals surface area contributed by atoms with E-state index in [-0.39, 0.29) is 11.9 Å². The van der Waals surface area contributed by atoms with Crippen molar-refractivity contribution in [2.45, 2.75) is 33.1 Å². The predicted molar refractivity (Wildman–Crippen MR) is 68.6 cm³/mol. The van der Waals surface area contributed by atoms with Crippen LogP contribution in [0.3, 0.4) is 0 Å². The molecule has 0 radical (unpaired) electrons. The molecule has 4 fully saturated rings. The molecule has 0 spiro atoms. The molecule has 18 heavy (non-hydrogen) atoms. The van der Waals surface area contributed by atoms with E-state index in [0.717, 1.165) is 47.8 Å². The van der Waals surface area contributed by atoms with Crippen molar-refractivity contribution in [3.63, 3.8) is 0 Å². The lowest BCUT2D eigenvalue weighted by molar-refractivity contribution is -0.149. The van der Waals surface area contributed by atoms with Gasteiger partial charge in [0.2, 0.25) is 0 Å². The Kier molecular flexibility index (Phi) is 2.21. The lowest BCUT2D eigenvalue weighted by Crippen LogP contribution is -2.40. The Labute approximate surface area is 109 Å². The smallest absolute Gasteiger partial charge is 0.308 e. The Morgan fingerprint density at radius 1 is 0.944 bits per heavy atom. The molecule has 4 saturated carbocycles. The standard InChI is InChI=1S/C16H24O2/c1-7-8(2)11-6-10(7)14-9-4-12(15(11)14)13(5-9)16(17)18-3/h7-15H,4-6H2,1-3H3. The first kappa shape index (κ1) is 11.3. The number of rotatable bonds is 1. The summed E-state index contributed by atoms with van der Waals surface area (Å²) in [6.45, 7) is 4.92. The topological polar surface area (TPSA) is 26.3 Å². The number of hydrogen-bond acceptors (Lipinski definition) is 2. The van der Waals surface area contributed by atoms with E-state index in [2.05, 4.69) is 13.8 Å². The van der Waals surface area contributed by atoms with Crippen LogP contribution in [0, 0.1) is 53.3 Å². The highest BCUT2D eigenvalue weighted by atomic mass is 16.5. The van der Waals surface area contributed by atoms with Gasteiger partial charge < -0.3 is 4.74 Å². The van der Waals surface area contributed by atoms with Crippen LogP contribution in [0.15, 0.2) is 0 Å². The van der Waals surface area contributed by atoms with E-state index in [1.165, 1.54) is 12.8 Å². The summed E-state index contributed by atoms with van der Waals surface area (Å²) in [6, 6.07) is 0. The van der Waals surface area contributed by atoms with Gasteiger partial charge in [-0.1, -0.05) is 13.8 Å². The molecule has 4 aliphatic rings. The second-order valence-corrected chi connectivity index (χ2v) is 7.46. The Bertz CT molecular complexity index is 391. The summed E-state index contributed by atoms with van der Waals surface area (Å²) in [5.41, 5.74) is 0. The zero-order valence-electron chi connectivity index (χ0n) is 11.6. The van der Waals surface area contributed by atoms with Crippen molar-refractivity contribution in [1.29, 1.82) is 0 Å². The van der Waals surface area contributed by atoms with Gasteiger partial charge in [-0.3, -0.25) is 4.79 Å². The van der Waals surface area contributed by atoms with Crippen LogP contribution >= 0.6 is 0 Å². The van der Waals surface area contributed by atoms with E-state index < -0.39 is 0 Å². The molecule has 2 heteroatoms. The van der Waals surface area contributed by atoms with Crippen LogP contribution in [0.4, 0.5) is 0 Å². The molecule has 100 valence electrons. The molecule has 0 N–H and O–H groups in total. The highest BCUT2D eigenvalue weighted by Gasteiger charge is 2.66. The SMILES string of the molecule is COC(=O)C1CC2CC1C1C3CC(C(C)C3C)C21. The lowest BCUT2D eigenvalue weighted by atomic mass is 9.62. The molecule has 4 rings (SSSR count). The van der Waals surface area contributed by atoms with Gasteiger partial charge in [0.15, 0.2) is 0 Å². The Morgan fingerprint density at radius 3 is 2.28 bits per heavy atom. The summed E-state index contributed by atoms with van der Waals surface area (Å²) in [6.07, 6.45) is 3.91. The molecule has 9 atom stereocenters. The summed E-state index contributed by atoms with van der Waals surface area (Å²) >= 11 is 0. The predicted octanol–water partition coefficient (Wildman–Crippen LogP) is 2.97. The van der Waals surface area contributed by atoms with Crippen LogP contribution in [0.1, 0.15) is 33.1 Å². The van der Waals surface area contributed by atoms with E-state index in [1.807, 2.05) is 0 Å². The molecule has 0 aliphatic heterocycles. The minimum Gasteiger partial charge on any atom is -0.469 e. The van der Waals surface area contributed by atoms with Gasteiger partial charge in [-0.15, -0.1) is 0 Å². The molecular formula is C16H24O2. The maximum Gasteiger partial charge on any atom is 0.308 e.